The summed E-state index contributed by atoms with van der Waals surface area (Å²) in [6.07, 6.45) is 6.06. The molecular formula is C23H26N2O2S. The first-order valence-electron chi connectivity index (χ1n) is 10.3. The van der Waals surface area contributed by atoms with Crippen molar-refractivity contribution in [1.82, 2.24) is 9.88 Å². The molecule has 0 spiro atoms. The number of hydrogen-bond donors (Lipinski definition) is 2. The Balaban J connectivity index is 1.29. The lowest BCUT2D eigenvalue weighted by Crippen LogP contribution is -2.39. The Morgan fingerprint density at radius 2 is 2.00 bits per heavy atom. The van der Waals surface area contributed by atoms with E-state index in [1.165, 1.54) is 29.5 Å². The second-order valence-corrected chi connectivity index (χ2v) is 9.12. The molecule has 1 atom stereocenters. The van der Waals surface area contributed by atoms with Crippen molar-refractivity contribution >= 4 is 28.1 Å². The number of aromatic amines is 1. The molecule has 146 valence electrons. The van der Waals surface area contributed by atoms with E-state index in [-0.39, 0.29) is 11.8 Å². The van der Waals surface area contributed by atoms with Crippen LogP contribution >= 0.6 is 11.3 Å². The Morgan fingerprint density at radius 1 is 1.18 bits per heavy atom. The molecule has 1 fully saturated rings. The van der Waals surface area contributed by atoms with Crippen LogP contribution in [0.15, 0.2) is 35.7 Å². The lowest BCUT2D eigenvalue weighted by molar-refractivity contribution is 0.0474. The van der Waals surface area contributed by atoms with Crippen LogP contribution in [0, 0.1) is 5.92 Å². The number of rotatable bonds is 3. The van der Waals surface area contributed by atoms with Gasteiger partial charge in [-0.25, -0.2) is 0 Å². The van der Waals surface area contributed by atoms with Gasteiger partial charge in [-0.1, -0.05) is 12.1 Å². The van der Waals surface area contributed by atoms with Gasteiger partial charge in [0, 0.05) is 40.1 Å². The number of piperidine rings is 1. The molecule has 2 aromatic heterocycles. The van der Waals surface area contributed by atoms with E-state index in [0.717, 1.165) is 41.6 Å². The third kappa shape index (κ3) is 3.16. The fourth-order valence-electron chi connectivity index (χ4n) is 4.84. The Kier molecular flexibility index (Phi) is 4.73. The Hall–Kier alpha value is -2.11. The molecule has 0 saturated carbocycles. The summed E-state index contributed by atoms with van der Waals surface area (Å²) in [5.74, 6) is 0.346. The number of carbonyl (C=O) groups is 1. The molecule has 3 heterocycles. The molecule has 3 aromatic rings. The maximum absolute atomic E-state index is 13.0. The van der Waals surface area contributed by atoms with Crippen molar-refractivity contribution in [2.75, 3.05) is 13.1 Å². The largest absolute Gasteiger partial charge is 0.387 e. The number of aliphatic hydroxyl groups excluding tert-OH is 1. The Labute approximate surface area is 169 Å². The highest BCUT2D eigenvalue weighted by Crippen LogP contribution is 2.34. The van der Waals surface area contributed by atoms with Gasteiger partial charge in [0.15, 0.2) is 0 Å². The smallest absolute Gasteiger partial charge is 0.253 e. The van der Waals surface area contributed by atoms with E-state index >= 15 is 0 Å². The molecular weight excluding hydrogens is 368 g/mol. The van der Waals surface area contributed by atoms with Gasteiger partial charge in [-0.05, 0) is 73.6 Å². The monoisotopic (exact) mass is 394 g/mol. The van der Waals surface area contributed by atoms with Crippen LogP contribution in [0.4, 0.5) is 0 Å². The fourth-order valence-corrected chi connectivity index (χ4v) is 5.64. The molecule has 5 rings (SSSR count). The zero-order valence-corrected chi connectivity index (χ0v) is 16.8. The van der Waals surface area contributed by atoms with Gasteiger partial charge >= 0.3 is 0 Å². The summed E-state index contributed by atoms with van der Waals surface area (Å²) in [7, 11) is 0. The number of nitrogens with zero attached hydrogens (tertiary/aromatic N) is 1. The van der Waals surface area contributed by atoms with Gasteiger partial charge in [-0.15, -0.1) is 11.3 Å². The van der Waals surface area contributed by atoms with Crippen LogP contribution in [-0.4, -0.2) is 34.0 Å². The zero-order valence-electron chi connectivity index (χ0n) is 16.0. The first-order valence-corrected chi connectivity index (χ1v) is 11.2. The van der Waals surface area contributed by atoms with Crippen LogP contribution in [0.25, 0.3) is 10.9 Å². The molecule has 1 aliphatic carbocycles. The van der Waals surface area contributed by atoms with Gasteiger partial charge in [0.25, 0.3) is 5.91 Å². The lowest BCUT2D eigenvalue weighted by Gasteiger charge is -2.34. The number of thiophene rings is 1. The lowest BCUT2D eigenvalue weighted by atomic mass is 9.90. The zero-order chi connectivity index (χ0) is 19.1. The van der Waals surface area contributed by atoms with Crippen molar-refractivity contribution < 1.29 is 9.90 Å². The summed E-state index contributed by atoms with van der Waals surface area (Å²) < 4.78 is 0. The van der Waals surface area contributed by atoms with Gasteiger partial charge in [-0.2, -0.15) is 0 Å². The fraction of sp³-hybridized carbons (Fsp3) is 0.435. The molecule has 1 unspecified atom stereocenters. The molecule has 1 aliphatic heterocycles. The molecule has 1 aromatic carbocycles. The molecule has 28 heavy (non-hydrogen) atoms. The average Bonchev–Trinajstić information content (AvgIpc) is 3.40. The van der Waals surface area contributed by atoms with Crippen LogP contribution in [0.2, 0.25) is 0 Å². The standard InChI is InChI=1S/C23H26N2O2S/c26-22(21-6-3-13-28-21)15-9-11-25(12-10-15)23(27)16-7-8-18-17-4-1-2-5-19(17)24-20(18)14-16/h3,6-8,13-15,22,24,26H,1-2,4-5,9-12H2. The predicted molar refractivity (Wildman–Crippen MR) is 113 cm³/mol. The van der Waals surface area contributed by atoms with Gasteiger partial charge in [-0.3, -0.25) is 4.79 Å². The number of hydrogen-bond acceptors (Lipinski definition) is 3. The van der Waals surface area contributed by atoms with E-state index < -0.39 is 6.10 Å². The summed E-state index contributed by atoms with van der Waals surface area (Å²) in [6, 6.07) is 10.1. The Bertz CT molecular complexity index is 984. The highest BCUT2D eigenvalue weighted by molar-refractivity contribution is 7.10. The molecule has 1 amide bonds. The minimum atomic E-state index is -0.404. The Morgan fingerprint density at radius 3 is 2.79 bits per heavy atom. The SMILES string of the molecule is O=C(c1ccc2c3c([nH]c2c1)CCCC3)N1CCC(C(O)c2cccs2)CC1. The first kappa shape index (κ1) is 18.0. The van der Waals surface area contributed by atoms with E-state index in [9.17, 15) is 9.90 Å². The van der Waals surface area contributed by atoms with Gasteiger partial charge in [0.05, 0.1) is 6.10 Å². The minimum absolute atomic E-state index is 0.110. The molecule has 2 N–H and O–H groups in total. The van der Waals surface area contributed by atoms with E-state index in [2.05, 4.69) is 11.1 Å². The minimum Gasteiger partial charge on any atom is -0.387 e. The van der Waals surface area contributed by atoms with Gasteiger partial charge in [0.1, 0.15) is 0 Å². The van der Waals surface area contributed by atoms with Crippen LogP contribution in [0.5, 0.6) is 0 Å². The number of aromatic nitrogens is 1. The molecule has 0 bridgehead atoms. The third-order valence-electron chi connectivity index (χ3n) is 6.45. The van der Waals surface area contributed by atoms with Crippen LogP contribution in [0.1, 0.15) is 58.3 Å². The number of aliphatic hydroxyl groups is 1. The summed E-state index contributed by atoms with van der Waals surface area (Å²) in [5.41, 5.74) is 4.67. The van der Waals surface area contributed by atoms with Crippen molar-refractivity contribution in [3.63, 3.8) is 0 Å². The summed E-state index contributed by atoms with van der Waals surface area (Å²) in [5, 5.41) is 13.9. The summed E-state index contributed by atoms with van der Waals surface area (Å²) in [4.78, 5) is 19.6. The second-order valence-electron chi connectivity index (χ2n) is 8.14. The normalized spacial score (nSPS) is 19.0. The third-order valence-corrected chi connectivity index (χ3v) is 7.40. The van der Waals surface area contributed by atoms with E-state index in [1.807, 2.05) is 34.5 Å². The predicted octanol–water partition coefficient (Wildman–Crippen LogP) is 4.69. The van der Waals surface area contributed by atoms with Crippen LogP contribution < -0.4 is 0 Å². The van der Waals surface area contributed by atoms with Gasteiger partial charge in [0.2, 0.25) is 0 Å². The first-order chi connectivity index (χ1) is 13.7. The number of fused-ring (bicyclic) bond motifs is 3. The van der Waals surface area contributed by atoms with Crippen molar-refractivity contribution in [2.24, 2.45) is 5.92 Å². The van der Waals surface area contributed by atoms with Crippen molar-refractivity contribution in [3.8, 4) is 0 Å². The van der Waals surface area contributed by atoms with Crippen LogP contribution in [0.3, 0.4) is 0 Å². The maximum atomic E-state index is 13.0. The molecule has 2 aliphatic rings. The number of likely N-dealkylation sites (tertiary alicyclic amines) is 1. The van der Waals surface area contributed by atoms with Crippen molar-refractivity contribution in [1.29, 1.82) is 0 Å². The van der Waals surface area contributed by atoms with Gasteiger partial charge < -0.3 is 15.0 Å². The maximum Gasteiger partial charge on any atom is 0.253 e. The number of amides is 1. The number of nitrogens with one attached hydrogen (secondary N) is 1. The van der Waals surface area contributed by atoms with E-state index in [0.29, 0.717) is 13.1 Å². The number of H-pyrrole nitrogens is 1. The highest BCUT2D eigenvalue weighted by atomic mass is 32.1. The number of aryl methyl sites for hydroxylation is 2. The molecule has 5 heteroatoms. The number of carbonyl (C=O) groups excluding carboxylic acids is 1. The molecule has 4 nitrogen and oxygen atoms in total. The van der Waals surface area contributed by atoms with E-state index in [1.54, 1.807) is 11.3 Å². The summed E-state index contributed by atoms with van der Waals surface area (Å²) in [6.45, 7) is 1.43. The van der Waals surface area contributed by atoms with Crippen molar-refractivity contribution in [3.05, 3.63) is 57.4 Å². The quantitative estimate of drug-likeness (QED) is 0.677. The van der Waals surface area contributed by atoms with Crippen LogP contribution in [-0.2, 0) is 12.8 Å². The molecule has 1 saturated heterocycles. The molecule has 0 radical (unpaired) electrons. The summed E-state index contributed by atoms with van der Waals surface area (Å²) >= 11 is 1.61. The topological polar surface area (TPSA) is 56.3 Å². The highest BCUT2D eigenvalue weighted by Gasteiger charge is 2.29. The average molecular weight is 395 g/mol. The van der Waals surface area contributed by atoms with Crippen molar-refractivity contribution in [2.45, 2.75) is 44.6 Å². The number of benzene rings is 1. The second kappa shape index (κ2) is 7.37. The van der Waals surface area contributed by atoms with E-state index in [4.69, 9.17) is 0 Å².